The van der Waals surface area contributed by atoms with Crippen molar-refractivity contribution in [2.75, 3.05) is 5.32 Å². The van der Waals surface area contributed by atoms with Gasteiger partial charge in [-0.1, -0.05) is 15.9 Å². The second-order valence-electron chi connectivity index (χ2n) is 4.18. The van der Waals surface area contributed by atoms with E-state index in [4.69, 9.17) is 5.73 Å². The molecule has 1 aromatic carbocycles. The molecule has 0 bridgehead atoms. The average molecular weight is 371 g/mol. The van der Waals surface area contributed by atoms with Crippen molar-refractivity contribution in [3.05, 3.63) is 58.8 Å². The number of benzene rings is 1. The van der Waals surface area contributed by atoms with E-state index >= 15 is 0 Å². The molecular weight excluding hydrogens is 358 g/mol. The summed E-state index contributed by atoms with van der Waals surface area (Å²) in [7, 11) is 0. The summed E-state index contributed by atoms with van der Waals surface area (Å²) in [6, 6.07) is 10.6. The number of hydrogen-bond donors (Lipinski definition) is 2. The predicted molar refractivity (Wildman–Crippen MR) is 77.9 cm³/mol. The Morgan fingerprint density at radius 3 is 2.48 bits per heavy atom. The van der Waals surface area contributed by atoms with E-state index in [1.165, 1.54) is 0 Å². The molecule has 0 aliphatic heterocycles. The van der Waals surface area contributed by atoms with Gasteiger partial charge in [0, 0.05) is 16.2 Å². The molecule has 0 fully saturated rings. The third-order valence-corrected chi connectivity index (χ3v) is 3.13. The number of rotatable bonds is 4. The van der Waals surface area contributed by atoms with Crippen LogP contribution in [0, 0.1) is 0 Å². The standard InChI is InChI=1S/C14H12BrN3O2.ClH/c15-11-3-5-12(6-4-11)17-13(19)9-18-7-1-2-10(8-18)14(16)20;/h1-8H,9H2,(H2-,16,17,19,20);1H. The van der Waals surface area contributed by atoms with E-state index in [2.05, 4.69) is 21.2 Å². The average Bonchev–Trinajstić information content (AvgIpc) is 2.41. The first-order chi connectivity index (χ1) is 9.54. The normalized spacial score (nSPS) is 9.57. The lowest BCUT2D eigenvalue weighted by Crippen LogP contribution is -3.00. The Balaban J connectivity index is 0.00000220. The lowest BCUT2D eigenvalue weighted by molar-refractivity contribution is -0.684. The van der Waals surface area contributed by atoms with Gasteiger partial charge < -0.3 is 23.5 Å². The molecule has 0 radical (unpaired) electrons. The first kappa shape index (κ1) is 17.1. The molecule has 110 valence electrons. The van der Waals surface area contributed by atoms with Crippen molar-refractivity contribution >= 4 is 33.4 Å². The summed E-state index contributed by atoms with van der Waals surface area (Å²) >= 11 is 3.33. The van der Waals surface area contributed by atoms with Crippen LogP contribution < -0.4 is 28.0 Å². The van der Waals surface area contributed by atoms with Gasteiger partial charge >= 0.3 is 0 Å². The number of carbonyl (C=O) groups excluding carboxylic acids is 2. The van der Waals surface area contributed by atoms with Crippen molar-refractivity contribution in [3.63, 3.8) is 0 Å². The highest BCUT2D eigenvalue weighted by Gasteiger charge is 2.12. The molecule has 5 nitrogen and oxygen atoms in total. The van der Waals surface area contributed by atoms with Crippen molar-refractivity contribution in [1.29, 1.82) is 0 Å². The van der Waals surface area contributed by atoms with Gasteiger partial charge in [-0.15, -0.1) is 0 Å². The molecule has 0 atom stereocenters. The second-order valence-corrected chi connectivity index (χ2v) is 5.10. The van der Waals surface area contributed by atoms with Gasteiger partial charge in [-0.05, 0) is 30.3 Å². The van der Waals surface area contributed by atoms with Crippen molar-refractivity contribution in [1.82, 2.24) is 0 Å². The van der Waals surface area contributed by atoms with Crippen LogP contribution in [0.5, 0.6) is 0 Å². The Labute approximate surface area is 136 Å². The van der Waals surface area contributed by atoms with E-state index in [0.717, 1.165) is 4.47 Å². The van der Waals surface area contributed by atoms with Gasteiger partial charge in [-0.25, -0.2) is 0 Å². The van der Waals surface area contributed by atoms with Gasteiger partial charge in [-0.2, -0.15) is 4.57 Å². The van der Waals surface area contributed by atoms with E-state index in [0.29, 0.717) is 11.3 Å². The Hall–Kier alpha value is -1.92. The number of primary amides is 1. The fourth-order valence-corrected chi connectivity index (χ4v) is 1.93. The Kier molecular flexibility index (Phi) is 6.33. The van der Waals surface area contributed by atoms with E-state index in [1.54, 1.807) is 41.2 Å². The minimum absolute atomic E-state index is 0. The quantitative estimate of drug-likeness (QED) is 0.641. The Bertz CT molecular complexity index is 647. The highest BCUT2D eigenvalue weighted by atomic mass is 79.9. The maximum atomic E-state index is 11.9. The van der Waals surface area contributed by atoms with Crippen LogP contribution in [0.3, 0.4) is 0 Å². The molecule has 0 aliphatic rings. The van der Waals surface area contributed by atoms with Crippen molar-refractivity contribution in [2.45, 2.75) is 6.54 Å². The van der Waals surface area contributed by atoms with Crippen molar-refractivity contribution < 1.29 is 26.6 Å². The van der Waals surface area contributed by atoms with Crippen molar-refractivity contribution in [2.24, 2.45) is 5.73 Å². The maximum absolute atomic E-state index is 11.9. The number of nitrogens with zero attached hydrogens (tertiary/aromatic N) is 1. The van der Waals surface area contributed by atoms with Crippen LogP contribution in [0.4, 0.5) is 5.69 Å². The smallest absolute Gasteiger partial charge is 0.290 e. The van der Waals surface area contributed by atoms with Crippen LogP contribution >= 0.6 is 15.9 Å². The number of aromatic nitrogens is 1. The Morgan fingerprint density at radius 2 is 1.86 bits per heavy atom. The fraction of sp³-hybridized carbons (Fsp3) is 0.0714. The molecule has 21 heavy (non-hydrogen) atoms. The van der Waals surface area contributed by atoms with Crippen LogP contribution in [-0.4, -0.2) is 11.8 Å². The maximum Gasteiger partial charge on any atom is 0.290 e. The number of halogens is 2. The molecule has 0 spiro atoms. The molecule has 7 heteroatoms. The topological polar surface area (TPSA) is 76.1 Å². The lowest BCUT2D eigenvalue weighted by Gasteiger charge is -2.03. The van der Waals surface area contributed by atoms with E-state index in [1.807, 2.05) is 12.1 Å². The fourth-order valence-electron chi connectivity index (χ4n) is 1.67. The third kappa shape index (κ3) is 5.17. The van der Waals surface area contributed by atoms with Crippen molar-refractivity contribution in [3.8, 4) is 0 Å². The summed E-state index contributed by atoms with van der Waals surface area (Å²) < 4.78 is 2.55. The molecule has 2 aromatic rings. The number of amides is 2. The summed E-state index contributed by atoms with van der Waals surface area (Å²) in [5.41, 5.74) is 6.27. The number of pyridine rings is 1. The molecule has 1 heterocycles. The predicted octanol–water partition coefficient (Wildman–Crippen LogP) is -1.52. The van der Waals surface area contributed by atoms with E-state index in [9.17, 15) is 9.59 Å². The largest absolute Gasteiger partial charge is 1.00 e. The summed E-state index contributed by atoms with van der Waals surface area (Å²) in [5.74, 6) is -0.702. The lowest BCUT2D eigenvalue weighted by atomic mass is 10.2. The zero-order valence-electron chi connectivity index (χ0n) is 10.9. The van der Waals surface area contributed by atoms with Gasteiger partial charge in [-0.3, -0.25) is 9.59 Å². The number of nitrogens with two attached hydrogens (primary N) is 1. The van der Waals surface area contributed by atoms with Gasteiger partial charge in [0.05, 0.1) is 0 Å². The minimum Gasteiger partial charge on any atom is -1.00 e. The summed E-state index contributed by atoms with van der Waals surface area (Å²) in [6.07, 6.45) is 3.25. The molecule has 0 unspecified atom stereocenters. The highest BCUT2D eigenvalue weighted by molar-refractivity contribution is 9.10. The first-order valence-corrected chi connectivity index (χ1v) is 6.68. The van der Waals surface area contributed by atoms with Crippen LogP contribution in [0.15, 0.2) is 53.3 Å². The minimum atomic E-state index is -0.521. The molecule has 0 saturated heterocycles. The third-order valence-electron chi connectivity index (χ3n) is 2.60. The highest BCUT2D eigenvalue weighted by Crippen LogP contribution is 2.13. The van der Waals surface area contributed by atoms with Crippen LogP contribution in [0.2, 0.25) is 0 Å². The summed E-state index contributed by atoms with van der Waals surface area (Å²) in [5, 5.41) is 2.77. The van der Waals surface area contributed by atoms with Gasteiger partial charge in [0.2, 0.25) is 6.54 Å². The van der Waals surface area contributed by atoms with E-state index in [-0.39, 0.29) is 24.9 Å². The monoisotopic (exact) mass is 369 g/mol. The zero-order chi connectivity index (χ0) is 14.5. The van der Waals surface area contributed by atoms with Gasteiger partial charge in [0.25, 0.3) is 11.8 Å². The van der Waals surface area contributed by atoms with Crippen LogP contribution in [0.1, 0.15) is 10.4 Å². The molecule has 0 saturated carbocycles. The van der Waals surface area contributed by atoms with E-state index < -0.39 is 5.91 Å². The molecule has 0 aliphatic carbocycles. The second kappa shape index (κ2) is 7.75. The summed E-state index contributed by atoms with van der Waals surface area (Å²) in [4.78, 5) is 23.0. The summed E-state index contributed by atoms with van der Waals surface area (Å²) in [6.45, 7) is 0.108. The SMILES string of the molecule is NC(=O)c1ccc[n+](CC(=O)Nc2ccc(Br)cc2)c1.[Cl-]. The number of hydrogen-bond acceptors (Lipinski definition) is 2. The van der Waals surface area contributed by atoms with Gasteiger partial charge in [0.15, 0.2) is 12.4 Å². The first-order valence-electron chi connectivity index (χ1n) is 5.89. The van der Waals surface area contributed by atoms with Crippen LogP contribution in [0.25, 0.3) is 0 Å². The Morgan fingerprint density at radius 1 is 1.19 bits per heavy atom. The number of carbonyl (C=O) groups is 2. The molecular formula is C14H13BrClN3O2. The molecule has 1 aromatic heterocycles. The van der Waals surface area contributed by atoms with Gasteiger partial charge in [0.1, 0.15) is 5.56 Å². The zero-order valence-corrected chi connectivity index (χ0v) is 13.3. The number of nitrogens with one attached hydrogen (secondary N) is 1. The molecule has 2 amide bonds. The number of anilines is 1. The molecule has 2 rings (SSSR count). The molecule has 3 N–H and O–H groups in total. The van der Waals surface area contributed by atoms with Crippen LogP contribution in [-0.2, 0) is 11.3 Å².